The molecule has 0 aromatic carbocycles. The first-order valence-corrected chi connectivity index (χ1v) is 18.1. The molecule has 47 heavy (non-hydrogen) atoms. The van der Waals surface area contributed by atoms with Crippen molar-refractivity contribution in [2.45, 2.75) is 189 Å². The first-order chi connectivity index (χ1) is 22.8. The van der Waals surface area contributed by atoms with E-state index in [-0.39, 0.29) is 6.61 Å². The van der Waals surface area contributed by atoms with E-state index in [1.165, 1.54) is 20.3 Å². The molecule has 13 heteroatoms. The molecule has 8 rings (SSSR count). The molecule has 5 aliphatic heterocycles. The van der Waals surface area contributed by atoms with Crippen LogP contribution in [0.25, 0.3) is 0 Å². The quantitative estimate of drug-likeness (QED) is 0.402. The van der Waals surface area contributed by atoms with Crippen molar-refractivity contribution in [1.82, 2.24) is 0 Å². The van der Waals surface area contributed by atoms with E-state index in [4.69, 9.17) is 52.1 Å². The predicted molar refractivity (Wildman–Crippen MR) is 158 cm³/mol. The Morgan fingerprint density at radius 3 is 1.53 bits per heavy atom. The molecule has 0 bridgehead atoms. The van der Waals surface area contributed by atoms with Gasteiger partial charge in [0.05, 0.1) is 13.2 Å². The summed E-state index contributed by atoms with van der Waals surface area (Å²) in [6.45, 7) is 3.17. The fourth-order valence-corrected chi connectivity index (χ4v) is 9.15. The lowest BCUT2D eigenvalue weighted by Gasteiger charge is -2.54. The fourth-order valence-electron chi connectivity index (χ4n) is 9.15. The lowest BCUT2D eigenvalue weighted by Crippen LogP contribution is -2.69. The Hall–Kier alpha value is -1.42. The normalized spacial score (nSPS) is 43.4. The number of ether oxygens (including phenoxy) is 11. The SMILES string of the molecule is CC(=O)O[C@@H]1[C@@H](OC(C)=O)[C@@H](O[C@H]2O[C@@H]3COC4(CCCCC4)O[C@H]3[C@@H]3OC4(CCCCC4)O[C@@H]23)O[C@@H]2COC3(CCCCC3)O[C@@H]12. The third kappa shape index (κ3) is 6.38. The summed E-state index contributed by atoms with van der Waals surface area (Å²) in [7, 11) is 0. The number of hydrogen-bond donors (Lipinski definition) is 0. The van der Waals surface area contributed by atoms with Crippen LogP contribution < -0.4 is 0 Å². The number of fused-ring (bicyclic) bond motifs is 4. The van der Waals surface area contributed by atoms with Gasteiger partial charge in [-0.3, -0.25) is 9.59 Å². The molecular weight excluding hydrogens is 616 g/mol. The molecular formula is C34H50O13. The largest absolute Gasteiger partial charge is 0.455 e. The minimum absolute atomic E-state index is 0.212. The molecule has 3 spiro atoms. The smallest absolute Gasteiger partial charge is 0.303 e. The van der Waals surface area contributed by atoms with E-state index in [0.29, 0.717) is 6.61 Å². The maximum absolute atomic E-state index is 12.5. The van der Waals surface area contributed by atoms with Gasteiger partial charge in [-0.15, -0.1) is 0 Å². The van der Waals surface area contributed by atoms with Crippen molar-refractivity contribution in [3.05, 3.63) is 0 Å². The highest BCUT2D eigenvalue weighted by atomic mass is 16.8. The van der Waals surface area contributed by atoms with Gasteiger partial charge < -0.3 is 52.1 Å². The number of carbonyl (C=O) groups is 2. The van der Waals surface area contributed by atoms with Gasteiger partial charge in [0.2, 0.25) is 6.29 Å². The predicted octanol–water partition coefficient (Wildman–Crippen LogP) is 3.91. The summed E-state index contributed by atoms with van der Waals surface area (Å²) in [6, 6.07) is 0. The third-order valence-electron chi connectivity index (χ3n) is 11.3. The van der Waals surface area contributed by atoms with Crippen molar-refractivity contribution in [3.8, 4) is 0 Å². The standard InChI is InChI=1S/C34H50O13/c1-20(35)39-26-24-22(18-37-32(44-24)12-6-3-7-13-32)41-30(28(26)40-21(2)36)43-31-29-27(46-34(47-29)16-10-5-11-17-34)25-23(42-31)19-38-33(45-25)14-8-4-9-15-33/h22-31H,3-19H2,1-2H3/t22-,23-,24-,25-,26+,27+,28-,29-,30-,31-/m1/s1. The second-order valence-corrected chi connectivity index (χ2v) is 14.7. The van der Waals surface area contributed by atoms with Gasteiger partial charge >= 0.3 is 11.9 Å². The Bertz CT molecular complexity index is 1140. The highest BCUT2D eigenvalue weighted by Gasteiger charge is 2.64. The molecule has 3 saturated carbocycles. The highest BCUT2D eigenvalue weighted by Crippen LogP contribution is 2.50. The summed E-state index contributed by atoms with van der Waals surface area (Å²) in [6.07, 6.45) is 6.53. The number of hydrogen-bond acceptors (Lipinski definition) is 13. The fraction of sp³-hybridized carbons (Fsp3) is 0.941. The van der Waals surface area contributed by atoms with Crippen LogP contribution >= 0.6 is 0 Å². The summed E-state index contributed by atoms with van der Waals surface area (Å²) in [5, 5.41) is 0. The first kappa shape index (κ1) is 32.8. The van der Waals surface area contributed by atoms with Crippen LogP contribution in [0.3, 0.4) is 0 Å². The maximum atomic E-state index is 12.5. The summed E-state index contributed by atoms with van der Waals surface area (Å²) in [4.78, 5) is 25.0. The van der Waals surface area contributed by atoms with Crippen LogP contribution in [0.5, 0.6) is 0 Å². The van der Waals surface area contributed by atoms with Crippen LogP contribution in [0.2, 0.25) is 0 Å². The lowest BCUT2D eigenvalue weighted by molar-refractivity contribution is -0.427. The first-order valence-electron chi connectivity index (χ1n) is 18.1. The van der Waals surface area contributed by atoms with Crippen LogP contribution in [0.15, 0.2) is 0 Å². The van der Waals surface area contributed by atoms with Gasteiger partial charge in [0.15, 0.2) is 35.9 Å². The Kier molecular flexibility index (Phi) is 9.09. The molecule has 0 radical (unpaired) electrons. The van der Waals surface area contributed by atoms with Crippen molar-refractivity contribution in [2.24, 2.45) is 0 Å². The summed E-state index contributed by atoms with van der Waals surface area (Å²) in [5.74, 6) is -3.27. The number of rotatable bonds is 4. The van der Waals surface area contributed by atoms with Crippen molar-refractivity contribution in [3.63, 3.8) is 0 Å². The average molecular weight is 667 g/mol. The van der Waals surface area contributed by atoms with Crippen LogP contribution in [0.1, 0.15) is 110 Å². The number of esters is 2. The molecule has 0 aromatic rings. The zero-order chi connectivity index (χ0) is 32.2. The van der Waals surface area contributed by atoms with E-state index in [0.717, 1.165) is 89.9 Å². The molecule has 0 amide bonds. The Balaban J connectivity index is 1.07. The molecule has 8 fully saturated rings. The molecule has 5 heterocycles. The molecule has 0 N–H and O–H groups in total. The second kappa shape index (κ2) is 13.0. The van der Waals surface area contributed by atoms with E-state index in [1.807, 2.05) is 0 Å². The lowest BCUT2D eigenvalue weighted by atomic mass is 9.90. The van der Waals surface area contributed by atoms with Crippen molar-refractivity contribution >= 4 is 11.9 Å². The average Bonchev–Trinajstić information content (AvgIpc) is 3.43. The zero-order valence-corrected chi connectivity index (χ0v) is 27.6. The second-order valence-electron chi connectivity index (χ2n) is 14.7. The molecule has 8 aliphatic rings. The monoisotopic (exact) mass is 666 g/mol. The van der Waals surface area contributed by atoms with Gasteiger partial charge in [-0.05, 0) is 38.5 Å². The van der Waals surface area contributed by atoms with Gasteiger partial charge in [0.25, 0.3) is 0 Å². The van der Waals surface area contributed by atoms with E-state index in [2.05, 4.69) is 0 Å². The summed E-state index contributed by atoms with van der Waals surface area (Å²) >= 11 is 0. The van der Waals surface area contributed by atoms with E-state index in [1.54, 1.807) is 0 Å². The van der Waals surface area contributed by atoms with Gasteiger partial charge in [-0.1, -0.05) is 19.3 Å². The van der Waals surface area contributed by atoms with Gasteiger partial charge in [0.1, 0.15) is 36.6 Å². The topological polar surface area (TPSA) is 136 Å². The van der Waals surface area contributed by atoms with Crippen molar-refractivity contribution in [1.29, 1.82) is 0 Å². The molecule has 10 atom stereocenters. The van der Waals surface area contributed by atoms with E-state index in [9.17, 15) is 9.59 Å². The van der Waals surface area contributed by atoms with Gasteiger partial charge in [-0.25, -0.2) is 0 Å². The molecule has 3 aliphatic carbocycles. The maximum Gasteiger partial charge on any atom is 0.303 e. The van der Waals surface area contributed by atoms with Crippen LogP contribution in [0, 0.1) is 0 Å². The zero-order valence-electron chi connectivity index (χ0n) is 27.6. The van der Waals surface area contributed by atoms with Crippen LogP contribution in [-0.4, -0.2) is 104 Å². The minimum atomic E-state index is -1.18. The molecule has 264 valence electrons. The molecule has 5 saturated heterocycles. The van der Waals surface area contributed by atoms with Crippen molar-refractivity contribution < 1.29 is 61.7 Å². The Morgan fingerprint density at radius 1 is 0.511 bits per heavy atom. The summed E-state index contributed by atoms with van der Waals surface area (Å²) in [5.41, 5.74) is 0. The summed E-state index contributed by atoms with van der Waals surface area (Å²) < 4.78 is 71.0. The molecule has 0 aromatic heterocycles. The Labute approximate surface area is 275 Å². The van der Waals surface area contributed by atoms with Crippen molar-refractivity contribution in [2.75, 3.05) is 13.2 Å². The van der Waals surface area contributed by atoms with E-state index < -0.39 is 90.7 Å². The third-order valence-corrected chi connectivity index (χ3v) is 11.3. The minimum Gasteiger partial charge on any atom is -0.455 e. The van der Waals surface area contributed by atoms with Crippen LogP contribution in [-0.2, 0) is 61.7 Å². The van der Waals surface area contributed by atoms with Gasteiger partial charge in [-0.2, -0.15) is 0 Å². The Morgan fingerprint density at radius 2 is 0.957 bits per heavy atom. The van der Waals surface area contributed by atoms with Gasteiger partial charge in [0, 0.05) is 52.4 Å². The highest BCUT2D eigenvalue weighted by molar-refractivity contribution is 5.67. The molecule has 0 unspecified atom stereocenters. The number of carbonyl (C=O) groups excluding carboxylic acids is 2. The van der Waals surface area contributed by atoms with E-state index >= 15 is 0 Å². The molecule has 13 nitrogen and oxygen atoms in total. The van der Waals surface area contributed by atoms with Crippen LogP contribution in [0.4, 0.5) is 0 Å².